The lowest BCUT2D eigenvalue weighted by molar-refractivity contribution is 0.0924. The monoisotopic (exact) mass is 351 g/mol. The molecule has 1 aliphatic rings. The maximum atomic E-state index is 12.8. The summed E-state index contributed by atoms with van der Waals surface area (Å²) in [5.74, 6) is -0.0174. The molecule has 0 fully saturated rings. The van der Waals surface area contributed by atoms with Crippen LogP contribution in [0, 0.1) is 0 Å². The summed E-state index contributed by atoms with van der Waals surface area (Å²) in [5.41, 5.74) is 9.85. The van der Waals surface area contributed by atoms with E-state index in [-0.39, 0.29) is 11.9 Å². The highest BCUT2D eigenvalue weighted by atomic mass is 32.1. The van der Waals surface area contributed by atoms with Crippen LogP contribution in [0.2, 0.25) is 0 Å². The van der Waals surface area contributed by atoms with Crippen LogP contribution in [0.4, 0.5) is 5.69 Å². The fourth-order valence-electron chi connectivity index (χ4n) is 3.54. The second kappa shape index (κ2) is 6.76. The SMILES string of the molecule is Nc1ccc2c(c1)CCCC2NC(=O)c1cccn1Cc1cccs1. The van der Waals surface area contributed by atoms with Gasteiger partial charge in [0.15, 0.2) is 0 Å². The average molecular weight is 351 g/mol. The van der Waals surface area contributed by atoms with E-state index in [0.717, 1.165) is 31.5 Å². The van der Waals surface area contributed by atoms with Crippen molar-refractivity contribution in [3.8, 4) is 0 Å². The van der Waals surface area contributed by atoms with Gasteiger partial charge in [0, 0.05) is 16.8 Å². The van der Waals surface area contributed by atoms with Crippen molar-refractivity contribution in [2.24, 2.45) is 0 Å². The molecule has 3 N–H and O–H groups in total. The second-order valence-electron chi connectivity index (χ2n) is 6.48. The maximum absolute atomic E-state index is 12.8. The number of rotatable bonds is 4. The molecule has 1 unspecified atom stereocenters. The van der Waals surface area contributed by atoms with Gasteiger partial charge in [-0.05, 0) is 66.1 Å². The lowest BCUT2D eigenvalue weighted by Gasteiger charge is -2.27. The van der Waals surface area contributed by atoms with Crippen LogP contribution in [-0.4, -0.2) is 10.5 Å². The number of carbonyl (C=O) groups excluding carboxylic acids is 1. The van der Waals surface area contributed by atoms with Crippen molar-refractivity contribution >= 4 is 22.9 Å². The Kier molecular flexibility index (Phi) is 4.32. The normalized spacial score (nSPS) is 16.4. The topological polar surface area (TPSA) is 60.0 Å². The molecule has 25 heavy (non-hydrogen) atoms. The van der Waals surface area contributed by atoms with Gasteiger partial charge in [-0.1, -0.05) is 12.1 Å². The number of benzene rings is 1. The molecule has 4 rings (SSSR count). The molecule has 0 spiro atoms. The minimum absolute atomic E-state index is 0.0174. The van der Waals surface area contributed by atoms with Crippen molar-refractivity contribution in [1.82, 2.24) is 9.88 Å². The number of carbonyl (C=O) groups is 1. The van der Waals surface area contributed by atoms with Crippen molar-refractivity contribution in [2.45, 2.75) is 31.8 Å². The molecule has 2 heterocycles. The molecule has 128 valence electrons. The van der Waals surface area contributed by atoms with Gasteiger partial charge >= 0.3 is 0 Å². The number of thiophene rings is 1. The van der Waals surface area contributed by atoms with Crippen LogP contribution in [-0.2, 0) is 13.0 Å². The molecule has 0 saturated carbocycles. The minimum atomic E-state index is -0.0174. The lowest BCUT2D eigenvalue weighted by Crippen LogP contribution is -2.32. The maximum Gasteiger partial charge on any atom is 0.268 e. The number of hydrogen-bond acceptors (Lipinski definition) is 3. The van der Waals surface area contributed by atoms with Gasteiger partial charge in [-0.25, -0.2) is 0 Å². The molecule has 4 nitrogen and oxygen atoms in total. The van der Waals surface area contributed by atoms with E-state index in [4.69, 9.17) is 5.73 Å². The average Bonchev–Trinajstić information content (AvgIpc) is 3.27. The lowest BCUT2D eigenvalue weighted by atomic mass is 9.87. The number of hydrogen-bond donors (Lipinski definition) is 2. The summed E-state index contributed by atoms with van der Waals surface area (Å²) in [6.45, 7) is 0.727. The van der Waals surface area contributed by atoms with Gasteiger partial charge < -0.3 is 15.6 Å². The Morgan fingerprint density at radius 2 is 2.20 bits per heavy atom. The molecule has 1 atom stereocenters. The second-order valence-corrected chi connectivity index (χ2v) is 7.51. The summed E-state index contributed by atoms with van der Waals surface area (Å²) >= 11 is 1.70. The van der Waals surface area contributed by atoms with Gasteiger partial charge in [0.1, 0.15) is 5.69 Å². The molecule has 0 radical (unpaired) electrons. The van der Waals surface area contributed by atoms with Crippen LogP contribution in [0.25, 0.3) is 0 Å². The first-order valence-electron chi connectivity index (χ1n) is 8.57. The molecule has 0 saturated heterocycles. The van der Waals surface area contributed by atoms with Gasteiger partial charge in [-0.3, -0.25) is 4.79 Å². The third kappa shape index (κ3) is 3.33. The third-order valence-corrected chi connectivity index (χ3v) is 5.62. The van der Waals surface area contributed by atoms with Crippen molar-refractivity contribution in [1.29, 1.82) is 0 Å². The molecule has 0 bridgehead atoms. The number of aryl methyl sites for hydroxylation is 1. The Morgan fingerprint density at radius 1 is 1.28 bits per heavy atom. The van der Waals surface area contributed by atoms with Crippen LogP contribution in [0.3, 0.4) is 0 Å². The van der Waals surface area contributed by atoms with E-state index in [1.54, 1.807) is 11.3 Å². The van der Waals surface area contributed by atoms with Crippen molar-refractivity contribution in [3.63, 3.8) is 0 Å². The van der Waals surface area contributed by atoms with Crippen molar-refractivity contribution in [3.05, 3.63) is 75.7 Å². The van der Waals surface area contributed by atoms with E-state index in [9.17, 15) is 4.79 Å². The summed E-state index contributed by atoms with van der Waals surface area (Å²) < 4.78 is 2.01. The zero-order chi connectivity index (χ0) is 17.2. The van der Waals surface area contributed by atoms with E-state index in [1.807, 2.05) is 41.1 Å². The first-order valence-corrected chi connectivity index (χ1v) is 9.45. The van der Waals surface area contributed by atoms with Crippen LogP contribution >= 0.6 is 11.3 Å². The summed E-state index contributed by atoms with van der Waals surface area (Å²) in [6, 6.07) is 14.0. The number of nitrogens with one attached hydrogen (secondary N) is 1. The number of amides is 1. The Hall–Kier alpha value is -2.53. The molecule has 1 amide bonds. The van der Waals surface area contributed by atoms with Crippen LogP contribution < -0.4 is 11.1 Å². The smallest absolute Gasteiger partial charge is 0.268 e. The highest BCUT2D eigenvalue weighted by molar-refractivity contribution is 7.09. The number of aromatic nitrogens is 1. The van der Waals surface area contributed by atoms with Gasteiger partial charge in [0.2, 0.25) is 0 Å². The number of nitrogens with zero attached hydrogens (tertiary/aromatic N) is 1. The summed E-state index contributed by atoms with van der Waals surface area (Å²) in [5, 5.41) is 5.28. The quantitative estimate of drug-likeness (QED) is 0.698. The van der Waals surface area contributed by atoms with Gasteiger partial charge in [0.05, 0.1) is 12.6 Å². The van der Waals surface area contributed by atoms with E-state index >= 15 is 0 Å². The highest BCUT2D eigenvalue weighted by Gasteiger charge is 2.23. The van der Waals surface area contributed by atoms with Crippen LogP contribution in [0.5, 0.6) is 0 Å². The number of nitrogens with two attached hydrogens (primary N) is 1. The number of anilines is 1. The molecule has 3 aromatic rings. The summed E-state index contributed by atoms with van der Waals surface area (Å²) in [6.07, 6.45) is 5.03. The molecular formula is C20H21N3OS. The van der Waals surface area contributed by atoms with Crippen molar-refractivity contribution < 1.29 is 4.79 Å². The summed E-state index contributed by atoms with van der Waals surface area (Å²) in [4.78, 5) is 14.1. The largest absolute Gasteiger partial charge is 0.399 e. The first kappa shape index (κ1) is 16.0. The summed E-state index contributed by atoms with van der Waals surface area (Å²) in [7, 11) is 0. The highest BCUT2D eigenvalue weighted by Crippen LogP contribution is 2.31. The first-order chi connectivity index (χ1) is 12.2. The van der Waals surface area contributed by atoms with Gasteiger partial charge in [-0.15, -0.1) is 11.3 Å². The standard InChI is InChI=1S/C20H21N3OS/c21-15-8-9-17-14(12-15)4-1-6-18(17)22-20(24)19-7-2-10-23(19)13-16-5-3-11-25-16/h2-3,5,7-12,18H,1,4,6,13,21H2,(H,22,24). The van der Waals surface area contributed by atoms with Crippen LogP contribution in [0.1, 0.15) is 45.4 Å². The Morgan fingerprint density at radius 3 is 3.04 bits per heavy atom. The van der Waals surface area contributed by atoms with Gasteiger partial charge in [-0.2, -0.15) is 0 Å². The zero-order valence-electron chi connectivity index (χ0n) is 13.9. The van der Waals surface area contributed by atoms with Crippen molar-refractivity contribution in [2.75, 3.05) is 5.73 Å². The Balaban J connectivity index is 1.53. The van der Waals surface area contributed by atoms with E-state index in [1.165, 1.54) is 16.0 Å². The molecular weight excluding hydrogens is 330 g/mol. The third-order valence-electron chi connectivity index (χ3n) is 4.76. The fraction of sp³-hybridized carbons (Fsp3) is 0.250. The van der Waals surface area contributed by atoms with Gasteiger partial charge in [0.25, 0.3) is 5.91 Å². The van der Waals surface area contributed by atoms with Crippen LogP contribution in [0.15, 0.2) is 54.0 Å². The number of nitrogen functional groups attached to an aromatic ring is 1. The Labute approximate surface area is 151 Å². The van der Waals surface area contributed by atoms with E-state index in [2.05, 4.69) is 22.8 Å². The van der Waals surface area contributed by atoms with E-state index < -0.39 is 0 Å². The zero-order valence-corrected chi connectivity index (χ0v) is 14.8. The molecule has 5 heteroatoms. The van der Waals surface area contributed by atoms with E-state index in [0.29, 0.717) is 5.69 Å². The molecule has 1 aliphatic carbocycles. The molecule has 1 aromatic carbocycles. The fourth-order valence-corrected chi connectivity index (χ4v) is 4.25. The Bertz CT molecular complexity index is 882. The number of fused-ring (bicyclic) bond motifs is 1. The molecule has 2 aromatic heterocycles. The molecule has 0 aliphatic heterocycles. The minimum Gasteiger partial charge on any atom is -0.399 e. The predicted octanol–water partition coefficient (Wildman–Crippen LogP) is 3.99. The predicted molar refractivity (Wildman–Crippen MR) is 102 cm³/mol.